The van der Waals surface area contributed by atoms with Gasteiger partial charge in [0, 0.05) is 32.2 Å². The molecule has 1 amide bonds. The normalized spacial score (nSPS) is 26.8. The van der Waals surface area contributed by atoms with Crippen LogP contribution in [0.5, 0.6) is 0 Å². The van der Waals surface area contributed by atoms with E-state index in [0.29, 0.717) is 19.6 Å². The fraction of sp³-hybridized carbons (Fsp3) is 0.938. The Morgan fingerprint density at radius 1 is 1.32 bits per heavy atom. The van der Waals surface area contributed by atoms with E-state index in [4.69, 9.17) is 4.74 Å². The second kappa shape index (κ2) is 6.72. The van der Waals surface area contributed by atoms with Crippen LogP contribution in [0, 0.1) is 0 Å². The second-order valence-corrected chi connectivity index (χ2v) is 7.72. The summed E-state index contributed by atoms with van der Waals surface area (Å²) in [7, 11) is 0. The molecule has 0 aliphatic carbocycles. The Kier molecular flexibility index (Phi) is 5.35. The quantitative estimate of drug-likeness (QED) is 0.797. The third-order valence-corrected chi connectivity index (χ3v) is 4.45. The molecule has 2 heterocycles. The smallest absolute Gasteiger partial charge is 0.410 e. The molecule has 1 unspecified atom stereocenters. The van der Waals surface area contributed by atoms with Crippen LogP contribution in [-0.4, -0.2) is 77.5 Å². The van der Waals surface area contributed by atoms with Crippen molar-refractivity contribution in [3.8, 4) is 0 Å². The first kappa shape index (κ1) is 17.5. The van der Waals surface area contributed by atoms with Crippen molar-refractivity contribution >= 4 is 6.09 Å². The summed E-state index contributed by atoms with van der Waals surface area (Å²) in [6, 6.07) is 0.236. The molecule has 0 bridgehead atoms. The van der Waals surface area contributed by atoms with Crippen LogP contribution in [0.1, 0.15) is 40.5 Å². The number of nitrogens with one attached hydrogen (secondary N) is 1. The molecule has 2 fully saturated rings. The molecule has 6 nitrogen and oxygen atoms in total. The number of hydrogen-bond acceptors (Lipinski definition) is 5. The summed E-state index contributed by atoms with van der Waals surface area (Å²) >= 11 is 0. The second-order valence-electron chi connectivity index (χ2n) is 7.72. The predicted octanol–water partition coefficient (Wildman–Crippen LogP) is 1.04. The number of piperazine rings is 1. The van der Waals surface area contributed by atoms with E-state index >= 15 is 0 Å². The van der Waals surface area contributed by atoms with Crippen molar-refractivity contribution in [3.05, 3.63) is 0 Å². The SMILES string of the molecule is CC1CN(C(=O)OC(C)(C)C)CCN1CC1(O)CCNCC1. The molecule has 2 aliphatic rings. The van der Waals surface area contributed by atoms with Gasteiger partial charge in [0.2, 0.25) is 0 Å². The Balaban J connectivity index is 1.86. The molecule has 2 saturated heterocycles. The minimum absolute atomic E-state index is 0.236. The lowest BCUT2D eigenvalue weighted by atomic mass is 9.91. The highest BCUT2D eigenvalue weighted by Gasteiger charge is 2.36. The number of carbonyl (C=O) groups excluding carboxylic acids is 1. The minimum Gasteiger partial charge on any atom is -0.444 e. The Morgan fingerprint density at radius 2 is 1.95 bits per heavy atom. The summed E-state index contributed by atoms with van der Waals surface area (Å²) in [5, 5.41) is 14.0. The fourth-order valence-corrected chi connectivity index (χ4v) is 3.15. The Labute approximate surface area is 133 Å². The maximum atomic E-state index is 12.1. The van der Waals surface area contributed by atoms with Crippen molar-refractivity contribution in [2.75, 3.05) is 39.3 Å². The van der Waals surface area contributed by atoms with E-state index in [0.717, 1.165) is 32.5 Å². The molecule has 6 heteroatoms. The topological polar surface area (TPSA) is 65.0 Å². The van der Waals surface area contributed by atoms with Gasteiger partial charge in [-0.15, -0.1) is 0 Å². The Bertz CT molecular complexity index is 389. The van der Waals surface area contributed by atoms with Crippen molar-refractivity contribution in [1.29, 1.82) is 0 Å². The van der Waals surface area contributed by atoms with Crippen molar-refractivity contribution in [3.63, 3.8) is 0 Å². The molecule has 0 aromatic heterocycles. The van der Waals surface area contributed by atoms with Gasteiger partial charge in [-0.05, 0) is 53.6 Å². The summed E-state index contributed by atoms with van der Waals surface area (Å²) in [6.45, 7) is 12.3. The number of nitrogens with zero attached hydrogens (tertiary/aromatic N) is 2. The average molecular weight is 313 g/mol. The summed E-state index contributed by atoms with van der Waals surface area (Å²) in [5.74, 6) is 0. The van der Waals surface area contributed by atoms with Crippen LogP contribution in [-0.2, 0) is 4.74 Å². The van der Waals surface area contributed by atoms with Crippen molar-refractivity contribution in [1.82, 2.24) is 15.1 Å². The van der Waals surface area contributed by atoms with Gasteiger partial charge >= 0.3 is 6.09 Å². The molecule has 1 atom stereocenters. The molecule has 2 N–H and O–H groups in total. The van der Waals surface area contributed by atoms with Gasteiger partial charge in [-0.1, -0.05) is 0 Å². The summed E-state index contributed by atoms with van der Waals surface area (Å²) in [6.07, 6.45) is 1.36. The van der Waals surface area contributed by atoms with E-state index in [-0.39, 0.29) is 12.1 Å². The molecule has 0 saturated carbocycles. The molecule has 0 aromatic rings. The number of piperidine rings is 1. The monoisotopic (exact) mass is 313 g/mol. The number of ether oxygens (including phenoxy) is 1. The number of aliphatic hydroxyl groups is 1. The Morgan fingerprint density at radius 3 is 2.50 bits per heavy atom. The highest BCUT2D eigenvalue weighted by Crippen LogP contribution is 2.22. The number of rotatable bonds is 2. The van der Waals surface area contributed by atoms with Crippen LogP contribution < -0.4 is 5.32 Å². The highest BCUT2D eigenvalue weighted by atomic mass is 16.6. The number of β-amino-alcohol motifs (C(OH)–C–C–N with tert-alkyl or cyclic N) is 1. The zero-order valence-corrected chi connectivity index (χ0v) is 14.4. The van der Waals surface area contributed by atoms with Crippen molar-refractivity contribution < 1.29 is 14.6 Å². The first-order chi connectivity index (χ1) is 10.2. The zero-order chi connectivity index (χ0) is 16.4. The van der Waals surface area contributed by atoms with E-state index in [1.54, 1.807) is 4.90 Å². The molecule has 0 spiro atoms. The zero-order valence-electron chi connectivity index (χ0n) is 14.4. The molecule has 2 rings (SSSR count). The molecule has 0 radical (unpaired) electrons. The maximum Gasteiger partial charge on any atom is 0.410 e. The molecular formula is C16H31N3O3. The average Bonchev–Trinajstić information content (AvgIpc) is 2.39. The largest absolute Gasteiger partial charge is 0.444 e. The molecule has 2 aliphatic heterocycles. The van der Waals surface area contributed by atoms with E-state index in [1.165, 1.54) is 0 Å². The van der Waals surface area contributed by atoms with Crippen LogP contribution in [0.3, 0.4) is 0 Å². The van der Waals surface area contributed by atoms with E-state index in [9.17, 15) is 9.90 Å². The van der Waals surface area contributed by atoms with Crippen LogP contribution in [0.25, 0.3) is 0 Å². The molecule has 0 aromatic carbocycles. The van der Waals surface area contributed by atoms with Crippen molar-refractivity contribution in [2.24, 2.45) is 0 Å². The molecule has 22 heavy (non-hydrogen) atoms. The maximum absolute atomic E-state index is 12.1. The summed E-state index contributed by atoms with van der Waals surface area (Å²) < 4.78 is 5.44. The van der Waals surface area contributed by atoms with Crippen molar-refractivity contribution in [2.45, 2.75) is 57.8 Å². The van der Waals surface area contributed by atoms with Gasteiger partial charge in [-0.2, -0.15) is 0 Å². The fourth-order valence-electron chi connectivity index (χ4n) is 3.15. The first-order valence-corrected chi connectivity index (χ1v) is 8.34. The lowest BCUT2D eigenvalue weighted by molar-refractivity contribution is -0.0470. The summed E-state index contributed by atoms with van der Waals surface area (Å²) in [5.41, 5.74) is -1.05. The number of carbonyl (C=O) groups is 1. The van der Waals surface area contributed by atoms with Crippen LogP contribution in [0.4, 0.5) is 4.79 Å². The molecule has 128 valence electrons. The van der Waals surface area contributed by atoms with E-state index in [1.807, 2.05) is 20.8 Å². The van der Waals surface area contributed by atoms with Gasteiger partial charge < -0.3 is 20.1 Å². The lowest BCUT2D eigenvalue weighted by Crippen LogP contribution is -2.59. The number of hydrogen-bond donors (Lipinski definition) is 2. The number of amides is 1. The third-order valence-electron chi connectivity index (χ3n) is 4.45. The Hall–Kier alpha value is -0.850. The van der Waals surface area contributed by atoms with E-state index < -0.39 is 11.2 Å². The van der Waals surface area contributed by atoms with Crippen LogP contribution in [0.15, 0.2) is 0 Å². The summed E-state index contributed by atoms with van der Waals surface area (Å²) in [4.78, 5) is 16.2. The van der Waals surface area contributed by atoms with Crippen LogP contribution in [0.2, 0.25) is 0 Å². The minimum atomic E-state index is -0.590. The van der Waals surface area contributed by atoms with Gasteiger partial charge in [-0.3, -0.25) is 4.90 Å². The first-order valence-electron chi connectivity index (χ1n) is 8.34. The lowest BCUT2D eigenvalue weighted by Gasteiger charge is -2.44. The van der Waals surface area contributed by atoms with Gasteiger partial charge in [-0.25, -0.2) is 4.79 Å². The molecular weight excluding hydrogens is 282 g/mol. The van der Waals surface area contributed by atoms with Crippen LogP contribution >= 0.6 is 0 Å². The van der Waals surface area contributed by atoms with Gasteiger partial charge in [0.15, 0.2) is 0 Å². The predicted molar refractivity (Wildman–Crippen MR) is 85.9 cm³/mol. The third kappa shape index (κ3) is 4.83. The van der Waals surface area contributed by atoms with Gasteiger partial charge in [0.05, 0.1) is 5.60 Å². The standard InChI is InChI=1S/C16H31N3O3/c1-13-11-18(14(20)22-15(2,3)4)9-10-19(13)12-16(21)5-7-17-8-6-16/h13,17,21H,5-12H2,1-4H3. The van der Waals surface area contributed by atoms with E-state index in [2.05, 4.69) is 17.1 Å². The van der Waals surface area contributed by atoms with Gasteiger partial charge in [0.25, 0.3) is 0 Å². The van der Waals surface area contributed by atoms with Gasteiger partial charge in [0.1, 0.15) is 5.60 Å². The highest BCUT2D eigenvalue weighted by molar-refractivity contribution is 5.68.